The normalized spacial score (nSPS) is 16.9. The van der Waals surface area contributed by atoms with Gasteiger partial charge in [0.1, 0.15) is 10.6 Å². The van der Waals surface area contributed by atoms with Crippen LogP contribution in [-0.4, -0.2) is 49.1 Å². The molecule has 9 nitrogen and oxygen atoms in total. The van der Waals surface area contributed by atoms with Crippen molar-refractivity contribution in [1.29, 1.82) is 0 Å². The van der Waals surface area contributed by atoms with Crippen LogP contribution in [0.1, 0.15) is 32.5 Å². The summed E-state index contributed by atoms with van der Waals surface area (Å²) in [5.41, 5.74) is 1.10. The molecule has 0 unspecified atom stereocenters. The second kappa shape index (κ2) is 9.59. The van der Waals surface area contributed by atoms with Crippen LogP contribution in [0, 0.1) is 6.92 Å². The SMILES string of the molecule is COC(=O)c1sc(N2C(=O)C(=O)C(=C(O)c3ccccc3)[C@@H]2c2ccc(OC)c(OC)c2)nc1C. The van der Waals surface area contributed by atoms with Gasteiger partial charge in [-0.1, -0.05) is 47.7 Å². The van der Waals surface area contributed by atoms with Crippen molar-refractivity contribution >= 4 is 39.9 Å². The highest BCUT2D eigenvalue weighted by Gasteiger charge is 2.48. The fraction of sp³-hybridized carbons (Fsp3) is 0.200. The predicted octanol–water partition coefficient (Wildman–Crippen LogP) is 3.88. The minimum atomic E-state index is -1.04. The van der Waals surface area contributed by atoms with Gasteiger partial charge in [0.15, 0.2) is 16.6 Å². The summed E-state index contributed by atoms with van der Waals surface area (Å²) in [6.45, 7) is 1.61. The summed E-state index contributed by atoms with van der Waals surface area (Å²) in [4.78, 5) is 44.5. The molecule has 3 aromatic rings. The van der Waals surface area contributed by atoms with E-state index in [-0.39, 0.29) is 21.3 Å². The molecule has 35 heavy (non-hydrogen) atoms. The second-order valence-electron chi connectivity index (χ2n) is 7.55. The number of ether oxygens (including phenoxy) is 3. The minimum Gasteiger partial charge on any atom is -0.507 e. The van der Waals surface area contributed by atoms with Crippen LogP contribution in [0.15, 0.2) is 54.1 Å². The fourth-order valence-corrected chi connectivity index (χ4v) is 4.90. The van der Waals surface area contributed by atoms with E-state index in [1.165, 1.54) is 26.2 Å². The van der Waals surface area contributed by atoms with E-state index in [4.69, 9.17) is 14.2 Å². The zero-order valence-electron chi connectivity index (χ0n) is 19.4. The predicted molar refractivity (Wildman–Crippen MR) is 129 cm³/mol. The first-order valence-electron chi connectivity index (χ1n) is 10.5. The number of amides is 1. The number of aromatic nitrogens is 1. The van der Waals surface area contributed by atoms with Crippen molar-refractivity contribution in [2.24, 2.45) is 0 Å². The number of aryl methyl sites for hydroxylation is 1. The molecule has 1 N–H and O–H groups in total. The number of carbonyl (C=O) groups excluding carboxylic acids is 3. The maximum absolute atomic E-state index is 13.3. The van der Waals surface area contributed by atoms with Gasteiger partial charge in [0, 0.05) is 5.56 Å². The lowest BCUT2D eigenvalue weighted by molar-refractivity contribution is -0.132. The molecule has 2 aromatic carbocycles. The van der Waals surface area contributed by atoms with Gasteiger partial charge in [-0.15, -0.1) is 0 Å². The van der Waals surface area contributed by atoms with E-state index in [0.717, 1.165) is 11.3 Å². The fourth-order valence-electron chi connectivity index (χ4n) is 3.89. The number of methoxy groups -OCH3 is 3. The lowest BCUT2D eigenvalue weighted by atomic mass is 9.95. The number of nitrogens with zero attached hydrogens (tertiary/aromatic N) is 2. The van der Waals surface area contributed by atoms with Crippen LogP contribution < -0.4 is 14.4 Å². The number of Topliss-reactive ketones (excluding diaryl/α,β-unsaturated/α-hetero) is 1. The molecule has 1 saturated heterocycles. The maximum Gasteiger partial charge on any atom is 0.350 e. The third kappa shape index (κ3) is 4.12. The largest absolute Gasteiger partial charge is 0.507 e. The Labute approximate surface area is 205 Å². The summed E-state index contributed by atoms with van der Waals surface area (Å²) in [6.07, 6.45) is 0. The molecule has 180 valence electrons. The molecule has 1 aliphatic heterocycles. The lowest BCUT2D eigenvalue weighted by Crippen LogP contribution is -2.29. The van der Waals surface area contributed by atoms with Crippen LogP contribution in [0.3, 0.4) is 0 Å². The van der Waals surface area contributed by atoms with E-state index < -0.39 is 23.7 Å². The molecule has 1 atom stereocenters. The van der Waals surface area contributed by atoms with Crippen molar-refractivity contribution in [2.45, 2.75) is 13.0 Å². The van der Waals surface area contributed by atoms with Crippen molar-refractivity contribution in [2.75, 3.05) is 26.2 Å². The van der Waals surface area contributed by atoms with E-state index in [9.17, 15) is 19.5 Å². The third-order valence-electron chi connectivity index (χ3n) is 5.58. The van der Waals surface area contributed by atoms with E-state index in [1.807, 2.05) is 0 Å². The summed E-state index contributed by atoms with van der Waals surface area (Å²) >= 11 is 0.928. The standard InChI is InChI=1S/C25H22N2O7S/c1-13-22(24(31)34-4)35-25(26-13)27-19(15-10-11-16(32-2)17(12-15)33-3)18(21(29)23(27)30)20(28)14-8-6-5-7-9-14/h5-12,19,28H,1-4H3/t19-/m0/s1. The summed E-state index contributed by atoms with van der Waals surface area (Å²) in [7, 11) is 4.21. The molecule has 0 bridgehead atoms. The number of thiazole rings is 1. The first-order valence-corrected chi connectivity index (χ1v) is 11.3. The molecule has 0 spiro atoms. The number of carbonyl (C=O) groups is 3. The highest BCUT2D eigenvalue weighted by molar-refractivity contribution is 7.17. The Balaban J connectivity index is 1.96. The smallest absolute Gasteiger partial charge is 0.350 e. The van der Waals surface area contributed by atoms with E-state index in [1.54, 1.807) is 55.5 Å². The van der Waals surface area contributed by atoms with Gasteiger partial charge in [0.2, 0.25) is 0 Å². The van der Waals surface area contributed by atoms with Crippen molar-refractivity contribution in [3.63, 3.8) is 0 Å². The molecule has 0 radical (unpaired) electrons. The van der Waals surface area contributed by atoms with Gasteiger partial charge in [0.25, 0.3) is 5.78 Å². The van der Waals surface area contributed by atoms with Gasteiger partial charge in [-0.25, -0.2) is 9.78 Å². The number of anilines is 1. The average molecular weight is 495 g/mol. The Bertz CT molecular complexity index is 1350. The van der Waals surface area contributed by atoms with Gasteiger partial charge in [-0.05, 0) is 24.6 Å². The molecule has 4 rings (SSSR count). The van der Waals surface area contributed by atoms with Gasteiger partial charge in [-0.3, -0.25) is 14.5 Å². The monoisotopic (exact) mass is 494 g/mol. The lowest BCUT2D eigenvalue weighted by Gasteiger charge is -2.23. The van der Waals surface area contributed by atoms with Gasteiger partial charge in [-0.2, -0.15) is 0 Å². The van der Waals surface area contributed by atoms with Crippen molar-refractivity contribution < 1.29 is 33.7 Å². The Hall–Kier alpha value is -4.18. The minimum absolute atomic E-state index is 0.110. The van der Waals surface area contributed by atoms with E-state index in [2.05, 4.69) is 4.98 Å². The Morgan fingerprint density at radius 3 is 2.34 bits per heavy atom. The molecular formula is C25H22N2O7S. The molecule has 2 heterocycles. The number of rotatable bonds is 6. The summed E-state index contributed by atoms with van der Waals surface area (Å²) in [6, 6.07) is 12.4. The first-order chi connectivity index (χ1) is 16.8. The second-order valence-corrected chi connectivity index (χ2v) is 8.53. The Morgan fingerprint density at radius 1 is 1.03 bits per heavy atom. The quantitative estimate of drug-likeness (QED) is 0.238. The molecule has 1 aromatic heterocycles. The van der Waals surface area contributed by atoms with Gasteiger partial charge >= 0.3 is 11.9 Å². The number of hydrogen-bond acceptors (Lipinski definition) is 9. The molecular weight excluding hydrogens is 472 g/mol. The van der Waals surface area contributed by atoms with Gasteiger partial charge < -0.3 is 19.3 Å². The summed E-state index contributed by atoms with van der Waals surface area (Å²) in [5.74, 6) is -1.86. The van der Waals surface area contributed by atoms with Crippen LogP contribution in [0.2, 0.25) is 0 Å². The van der Waals surface area contributed by atoms with Crippen molar-refractivity contribution in [1.82, 2.24) is 4.98 Å². The number of ketones is 1. The number of aliphatic hydroxyl groups is 1. The highest BCUT2D eigenvalue weighted by Crippen LogP contribution is 2.45. The molecule has 10 heteroatoms. The average Bonchev–Trinajstić information content (AvgIpc) is 3.39. The zero-order chi connectivity index (χ0) is 25.3. The molecule has 0 aliphatic carbocycles. The van der Waals surface area contributed by atoms with Crippen molar-refractivity contribution in [3.05, 3.63) is 75.8 Å². The highest BCUT2D eigenvalue weighted by atomic mass is 32.1. The van der Waals surface area contributed by atoms with Crippen molar-refractivity contribution in [3.8, 4) is 11.5 Å². The molecule has 1 amide bonds. The molecule has 0 saturated carbocycles. The van der Waals surface area contributed by atoms with E-state index >= 15 is 0 Å². The first kappa shape index (κ1) is 24.0. The molecule has 1 aliphatic rings. The van der Waals surface area contributed by atoms with Crippen LogP contribution in [0.25, 0.3) is 5.76 Å². The zero-order valence-corrected chi connectivity index (χ0v) is 20.2. The Morgan fingerprint density at radius 2 is 1.71 bits per heavy atom. The summed E-state index contributed by atoms with van der Waals surface area (Å²) in [5, 5.41) is 11.3. The number of aliphatic hydroxyl groups excluding tert-OH is 1. The van der Waals surface area contributed by atoms with Crippen LogP contribution in [0.5, 0.6) is 11.5 Å². The Kier molecular flexibility index (Phi) is 6.57. The van der Waals surface area contributed by atoms with Crippen LogP contribution in [0.4, 0.5) is 5.13 Å². The topological polar surface area (TPSA) is 115 Å². The van der Waals surface area contributed by atoms with E-state index in [0.29, 0.717) is 28.3 Å². The van der Waals surface area contributed by atoms with Crippen LogP contribution in [-0.2, 0) is 14.3 Å². The maximum atomic E-state index is 13.3. The van der Waals surface area contributed by atoms with Gasteiger partial charge in [0.05, 0.1) is 38.6 Å². The summed E-state index contributed by atoms with van der Waals surface area (Å²) < 4.78 is 15.5. The molecule has 1 fully saturated rings. The number of esters is 1. The number of benzene rings is 2. The number of hydrogen-bond donors (Lipinski definition) is 1. The third-order valence-corrected chi connectivity index (χ3v) is 6.71. The van der Waals surface area contributed by atoms with Crippen LogP contribution >= 0.6 is 11.3 Å².